The first kappa shape index (κ1) is 9.42. The van der Waals surface area contributed by atoms with Crippen LogP contribution in [0.15, 0.2) is 0 Å². The summed E-state index contributed by atoms with van der Waals surface area (Å²) < 4.78 is 22.8. The summed E-state index contributed by atoms with van der Waals surface area (Å²) in [6.45, 7) is 0. The second-order valence-corrected chi connectivity index (χ2v) is 0.692. The fourth-order valence-corrected chi connectivity index (χ4v) is 0. The molecule has 0 heterocycles. The Labute approximate surface area is 54.2 Å². The summed E-state index contributed by atoms with van der Waals surface area (Å²) in [4.78, 5) is 0. The average Bonchev–Trinajstić information content (AvgIpc) is 0.811. The fourth-order valence-electron chi connectivity index (χ4n) is 0. The zero-order valence-corrected chi connectivity index (χ0v) is 5.53. The van der Waals surface area contributed by atoms with E-state index in [1.54, 1.807) is 0 Å². The number of hydrogen-bond donors (Lipinski definition) is 2. The van der Waals surface area contributed by atoms with Gasteiger partial charge in [0.25, 0.3) is 11.4 Å². The van der Waals surface area contributed by atoms with Gasteiger partial charge >= 0.3 is 29.6 Å². The maximum absolute atomic E-state index is 8.67. The molecule has 5 heavy (non-hydrogen) atoms. The summed E-state index contributed by atoms with van der Waals surface area (Å²) in [5, 5.41) is 0. The minimum absolute atomic E-state index is 0. The van der Waals surface area contributed by atoms with Crippen molar-refractivity contribution in [2.24, 2.45) is 0 Å². The van der Waals surface area contributed by atoms with Crippen LogP contribution in [0.2, 0.25) is 0 Å². The van der Waals surface area contributed by atoms with E-state index < -0.39 is 11.4 Å². The molecule has 0 aromatic carbocycles. The van der Waals surface area contributed by atoms with Gasteiger partial charge in [-0.25, -0.2) is 0 Å². The van der Waals surface area contributed by atoms with Crippen LogP contribution in [-0.4, -0.2) is 13.3 Å². The van der Waals surface area contributed by atoms with E-state index >= 15 is 0 Å². The van der Waals surface area contributed by atoms with Crippen LogP contribution in [0, 0.1) is 0 Å². The van der Waals surface area contributed by atoms with Crippen molar-refractivity contribution in [1.82, 2.24) is 0 Å². The number of hydrogen-bond acceptors (Lipinski definition) is 1. The van der Waals surface area contributed by atoms with E-state index in [1.165, 1.54) is 0 Å². The van der Waals surface area contributed by atoms with Gasteiger partial charge in [0.2, 0.25) is 0 Å². The molecule has 0 radical (unpaired) electrons. The third-order valence-electron chi connectivity index (χ3n) is 0. The van der Waals surface area contributed by atoms with Crippen LogP contribution >= 0.6 is 0 Å². The molecule has 0 aliphatic rings. The van der Waals surface area contributed by atoms with Crippen LogP contribution in [0.4, 0.5) is 0 Å². The molecule has 0 rings (SSSR count). The molecule has 0 spiro atoms. The monoisotopic (exact) mass is 105 g/mol. The summed E-state index contributed by atoms with van der Waals surface area (Å²) >= 11 is -2.61. The molecule has 2 N–H and O–H groups in total. The third kappa shape index (κ3) is 41.7. The van der Waals surface area contributed by atoms with Crippen molar-refractivity contribution in [3.8, 4) is 0 Å². The van der Waals surface area contributed by atoms with Gasteiger partial charge in [-0.05, 0) is 0 Å². The van der Waals surface area contributed by atoms with Crippen molar-refractivity contribution in [2.75, 3.05) is 0 Å². The Morgan fingerprint density at radius 2 is 1.40 bits per heavy atom. The van der Waals surface area contributed by atoms with Crippen molar-refractivity contribution in [2.45, 2.75) is 0 Å². The summed E-state index contributed by atoms with van der Waals surface area (Å²) in [7, 11) is 0. The van der Waals surface area contributed by atoms with Crippen LogP contribution < -0.4 is 29.6 Å². The zero-order valence-electron chi connectivity index (χ0n) is 2.71. The first-order valence-electron chi connectivity index (χ1n) is 0.532. The van der Waals surface area contributed by atoms with E-state index in [9.17, 15) is 0 Å². The molecule has 0 unspecified atom stereocenters. The van der Waals surface area contributed by atoms with Crippen molar-refractivity contribution >= 4 is 11.4 Å². The molecule has 0 aliphatic carbocycles. The molecule has 5 heteroatoms. The molecule has 3 nitrogen and oxygen atoms in total. The molecule has 0 atom stereocenters. The summed E-state index contributed by atoms with van der Waals surface area (Å²) in [6, 6.07) is 0. The molecule has 0 aliphatic heterocycles. The molecule has 0 aromatic rings. The zero-order chi connectivity index (χ0) is 3.58. The van der Waals surface area contributed by atoms with Gasteiger partial charge < -0.3 is 0 Å². The maximum atomic E-state index is 8.67. The van der Waals surface area contributed by atoms with Gasteiger partial charge in [-0.1, -0.05) is 0 Å². The van der Waals surface area contributed by atoms with E-state index in [4.69, 9.17) is 13.3 Å². The summed E-state index contributed by atoms with van der Waals surface area (Å²) in [5.74, 6) is 0. The van der Waals surface area contributed by atoms with E-state index in [0.29, 0.717) is 0 Å². The van der Waals surface area contributed by atoms with Crippen LogP contribution in [0.5, 0.6) is 0 Å². The van der Waals surface area contributed by atoms with E-state index in [-0.39, 0.29) is 29.6 Å². The van der Waals surface area contributed by atoms with E-state index in [2.05, 4.69) is 0 Å². The maximum Gasteiger partial charge on any atom is 1.00 e. The smallest absolute Gasteiger partial charge is 0.284 e. The molecule has 0 saturated heterocycles. The first-order chi connectivity index (χ1) is 1.73. The van der Waals surface area contributed by atoms with Crippen LogP contribution in [0.1, 0.15) is 0 Å². The van der Waals surface area contributed by atoms with Crippen LogP contribution in [0.25, 0.3) is 0 Å². The van der Waals surface area contributed by atoms with Gasteiger partial charge in [0.15, 0.2) is 0 Å². The molecule has 0 bridgehead atoms. The van der Waals surface area contributed by atoms with Gasteiger partial charge in [-0.2, -0.15) is 4.21 Å². The minimum Gasteiger partial charge on any atom is -0.284 e. The predicted octanol–water partition coefficient (Wildman–Crippen LogP) is -3.31. The Morgan fingerprint density at radius 3 is 1.40 bits per heavy atom. The summed E-state index contributed by atoms with van der Waals surface area (Å²) in [5.41, 5.74) is 0. The van der Waals surface area contributed by atoms with Gasteiger partial charge in [0, 0.05) is 0 Å². The molecule has 0 fully saturated rings. The van der Waals surface area contributed by atoms with Crippen molar-refractivity contribution < 1.29 is 42.9 Å². The van der Waals surface area contributed by atoms with Crippen LogP contribution in [-0.2, 0) is 11.4 Å². The van der Waals surface area contributed by atoms with E-state index in [1.807, 2.05) is 0 Å². The summed E-state index contributed by atoms with van der Waals surface area (Å²) in [6.07, 6.45) is 0. The van der Waals surface area contributed by atoms with Crippen LogP contribution in [0.3, 0.4) is 0 Å². The molecular weight excluding hydrogens is 103 g/mol. The van der Waals surface area contributed by atoms with Crippen molar-refractivity contribution in [3.63, 3.8) is 0 Å². The Balaban J connectivity index is 0. The normalized spacial score (nSPS) is 7.00. The molecule has 0 aromatic heterocycles. The molecule has 26 valence electrons. The Morgan fingerprint density at radius 1 is 1.40 bits per heavy atom. The Bertz CT molecular complexity index is 29.9. The third-order valence-corrected chi connectivity index (χ3v) is 0. The largest absolute Gasteiger partial charge is 1.00 e. The van der Waals surface area contributed by atoms with Gasteiger partial charge in [-0.15, -0.1) is 0 Å². The first-order valence-corrected chi connectivity index (χ1v) is 1.60. The minimum atomic E-state index is -2.61. The van der Waals surface area contributed by atoms with Crippen molar-refractivity contribution in [3.05, 3.63) is 0 Å². The Kier molecular flexibility index (Phi) is 9.55. The van der Waals surface area contributed by atoms with E-state index in [0.717, 1.165) is 0 Å². The average molecular weight is 105 g/mol. The van der Waals surface area contributed by atoms with Crippen molar-refractivity contribution in [1.29, 1.82) is 0 Å². The van der Waals surface area contributed by atoms with Gasteiger partial charge in [0.05, 0.1) is 0 Å². The fraction of sp³-hybridized carbons (Fsp3) is 0. The molecule has 0 amide bonds. The topological polar surface area (TPSA) is 57.5 Å². The van der Waals surface area contributed by atoms with Gasteiger partial charge in [0.1, 0.15) is 0 Å². The molecule has 0 saturated carbocycles. The second-order valence-electron chi connectivity index (χ2n) is 0.231. The Hall–Kier alpha value is 1.07. The quantitative estimate of drug-likeness (QED) is 0.250. The molecular formula is H2NaO3S+. The SMILES string of the molecule is O=S(O)O.[Na+]. The standard InChI is InChI=1S/Na.H2O3S/c;1-4(2)3/h;(H2,1,2,3)/q+1;. The number of rotatable bonds is 0. The van der Waals surface area contributed by atoms with Gasteiger partial charge in [-0.3, -0.25) is 9.11 Å². The second kappa shape index (κ2) is 5.07. The predicted molar refractivity (Wildman–Crippen MR) is 13.4 cm³/mol.